The van der Waals surface area contributed by atoms with Crippen molar-refractivity contribution in [1.82, 2.24) is 10.1 Å². The number of nitrogens with zero attached hydrogens (tertiary/aromatic N) is 3. The summed E-state index contributed by atoms with van der Waals surface area (Å²) >= 11 is 0. The molecule has 0 N–H and O–H groups in total. The molecule has 0 saturated carbocycles. The summed E-state index contributed by atoms with van der Waals surface area (Å²) in [6.45, 7) is 3.82. The third-order valence-corrected chi connectivity index (χ3v) is 3.31. The van der Waals surface area contributed by atoms with Gasteiger partial charge in [-0.05, 0) is 24.1 Å². The van der Waals surface area contributed by atoms with Crippen molar-refractivity contribution in [2.24, 2.45) is 0 Å². The summed E-state index contributed by atoms with van der Waals surface area (Å²) in [5.74, 6) is -0.207. The second kappa shape index (κ2) is 4.56. The van der Waals surface area contributed by atoms with Crippen molar-refractivity contribution in [3.63, 3.8) is 0 Å². The van der Waals surface area contributed by atoms with E-state index in [2.05, 4.69) is 10.1 Å². The molecule has 20 heavy (non-hydrogen) atoms. The van der Waals surface area contributed by atoms with Gasteiger partial charge in [-0.15, -0.1) is 0 Å². The SMILES string of the molecule is CCc1ccc2c(c1)C(=O)C(=O)N2Cc1noc(C)n1. The third kappa shape index (κ3) is 1.89. The van der Waals surface area contributed by atoms with Crippen LogP contribution in [0, 0.1) is 6.92 Å². The summed E-state index contributed by atoms with van der Waals surface area (Å²) < 4.78 is 4.88. The minimum atomic E-state index is -0.546. The zero-order valence-corrected chi connectivity index (χ0v) is 11.2. The molecule has 2 aromatic rings. The van der Waals surface area contributed by atoms with Crippen molar-refractivity contribution >= 4 is 17.4 Å². The number of aromatic nitrogens is 2. The molecule has 0 saturated heterocycles. The number of anilines is 1. The van der Waals surface area contributed by atoms with E-state index in [4.69, 9.17) is 4.52 Å². The van der Waals surface area contributed by atoms with Gasteiger partial charge in [-0.25, -0.2) is 0 Å². The predicted molar refractivity (Wildman–Crippen MR) is 70.4 cm³/mol. The van der Waals surface area contributed by atoms with E-state index in [1.54, 1.807) is 19.1 Å². The summed E-state index contributed by atoms with van der Waals surface area (Å²) in [7, 11) is 0. The summed E-state index contributed by atoms with van der Waals surface area (Å²) in [5, 5.41) is 3.75. The van der Waals surface area contributed by atoms with Crippen molar-refractivity contribution in [1.29, 1.82) is 0 Å². The molecule has 1 aliphatic heterocycles. The van der Waals surface area contributed by atoms with Crippen LogP contribution >= 0.6 is 0 Å². The topological polar surface area (TPSA) is 76.3 Å². The zero-order valence-electron chi connectivity index (χ0n) is 11.2. The van der Waals surface area contributed by atoms with Crippen molar-refractivity contribution in [3.8, 4) is 0 Å². The monoisotopic (exact) mass is 271 g/mol. The van der Waals surface area contributed by atoms with E-state index in [1.165, 1.54) is 4.90 Å². The van der Waals surface area contributed by atoms with Crippen LogP contribution in [0.2, 0.25) is 0 Å². The van der Waals surface area contributed by atoms with Gasteiger partial charge in [-0.3, -0.25) is 14.5 Å². The van der Waals surface area contributed by atoms with Crippen molar-refractivity contribution < 1.29 is 14.1 Å². The number of rotatable bonds is 3. The van der Waals surface area contributed by atoms with Crippen molar-refractivity contribution in [2.45, 2.75) is 26.8 Å². The molecule has 6 nitrogen and oxygen atoms in total. The Kier molecular flexibility index (Phi) is 2.85. The second-order valence-corrected chi connectivity index (χ2v) is 4.66. The molecule has 0 spiro atoms. The van der Waals surface area contributed by atoms with Crippen LogP contribution in [-0.2, 0) is 17.8 Å². The highest BCUT2D eigenvalue weighted by Gasteiger charge is 2.36. The van der Waals surface area contributed by atoms with Gasteiger partial charge >= 0.3 is 0 Å². The van der Waals surface area contributed by atoms with Crippen molar-refractivity contribution in [3.05, 3.63) is 41.0 Å². The predicted octanol–water partition coefficient (Wildman–Crippen LogP) is 1.67. The van der Waals surface area contributed by atoms with Gasteiger partial charge in [-0.1, -0.05) is 18.1 Å². The Morgan fingerprint density at radius 1 is 1.30 bits per heavy atom. The highest BCUT2D eigenvalue weighted by Crippen LogP contribution is 2.30. The van der Waals surface area contributed by atoms with Crippen LogP contribution in [0.4, 0.5) is 5.69 Å². The normalized spacial score (nSPS) is 14.0. The number of carbonyl (C=O) groups excluding carboxylic acids is 2. The zero-order chi connectivity index (χ0) is 14.3. The van der Waals surface area contributed by atoms with E-state index < -0.39 is 11.7 Å². The molecule has 1 aliphatic rings. The molecule has 3 rings (SSSR count). The smallest absolute Gasteiger partial charge is 0.299 e. The van der Waals surface area contributed by atoms with Gasteiger partial charge in [0.05, 0.1) is 17.8 Å². The van der Waals surface area contributed by atoms with E-state index in [0.717, 1.165) is 12.0 Å². The number of hydrogen-bond acceptors (Lipinski definition) is 5. The lowest BCUT2D eigenvalue weighted by atomic mass is 10.1. The van der Waals surface area contributed by atoms with E-state index in [9.17, 15) is 9.59 Å². The Labute approximate surface area is 115 Å². The Hall–Kier alpha value is -2.50. The summed E-state index contributed by atoms with van der Waals surface area (Å²) in [4.78, 5) is 29.5. The molecule has 6 heteroatoms. The molecule has 0 fully saturated rings. The molecule has 0 bridgehead atoms. The first kappa shape index (κ1) is 12.5. The van der Waals surface area contributed by atoms with Crippen LogP contribution in [0.25, 0.3) is 0 Å². The maximum Gasteiger partial charge on any atom is 0.299 e. The number of Topliss-reactive ketones (excluding diaryl/α,β-unsaturated/α-hetero) is 1. The van der Waals surface area contributed by atoms with Crippen LogP contribution in [0.3, 0.4) is 0 Å². The number of aryl methyl sites for hydroxylation is 2. The Morgan fingerprint density at radius 2 is 2.10 bits per heavy atom. The van der Waals surface area contributed by atoms with Crippen LogP contribution in [-0.4, -0.2) is 21.8 Å². The average molecular weight is 271 g/mol. The summed E-state index contributed by atoms with van der Waals surface area (Å²) in [5.41, 5.74) is 2.09. The van der Waals surface area contributed by atoms with Crippen LogP contribution in [0.1, 0.15) is 34.6 Å². The molecule has 0 radical (unpaired) electrons. The largest absolute Gasteiger partial charge is 0.340 e. The maximum atomic E-state index is 12.1. The molecule has 1 amide bonds. The first-order valence-corrected chi connectivity index (χ1v) is 6.38. The van der Waals surface area contributed by atoms with Gasteiger partial charge in [0.2, 0.25) is 5.89 Å². The quantitative estimate of drug-likeness (QED) is 0.794. The van der Waals surface area contributed by atoms with Crippen molar-refractivity contribution in [2.75, 3.05) is 4.90 Å². The molecule has 1 aromatic carbocycles. The minimum absolute atomic E-state index is 0.139. The Bertz CT molecular complexity index is 705. The standard InChI is InChI=1S/C14H13N3O3/c1-3-9-4-5-11-10(6-9)13(18)14(19)17(11)7-12-15-8(2)20-16-12/h4-6H,3,7H2,1-2H3. The number of hydrogen-bond donors (Lipinski definition) is 0. The van der Waals surface area contributed by atoms with Gasteiger partial charge in [0.1, 0.15) is 0 Å². The molecule has 2 heterocycles. The van der Waals surface area contributed by atoms with Gasteiger partial charge in [0.15, 0.2) is 5.82 Å². The summed E-state index contributed by atoms with van der Waals surface area (Å²) in [6.07, 6.45) is 0.818. The molecular weight excluding hydrogens is 258 g/mol. The summed E-state index contributed by atoms with van der Waals surface area (Å²) in [6, 6.07) is 5.49. The highest BCUT2D eigenvalue weighted by molar-refractivity contribution is 6.52. The number of benzene rings is 1. The number of fused-ring (bicyclic) bond motifs is 1. The van der Waals surface area contributed by atoms with Gasteiger partial charge < -0.3 is 4.52 Å². The maximum absolute atomic E-state index is 12.1. The average Bonchev–Trinajstić information content (AvgIpc) is 2.96. The van der Waals surface area contributed by atoms with E-state index >= 15 is 0 Å². The molecule has 102 valence electrons. The fourth-order valence-corrected chi connectivity index (χ4v) is 2.27. The highest BCUT2D eigenvalue weighted by atomic mass is 16.5. The van der Waals surface area contributed by atoms with Crippen LogP contribution in [0.15, 0.2) is 22.7 Å². The van der Waals surface area contributed by atoms with Crippen LogP contribution in [0.5, 0.6) is 0 Å². The van der Waals surface area contributed by atoms with E-state index in [1.807, 2.05) is 13.0 Å². The van der Waals surface area contributed by atoms with Gasteiger partial charge in [0, 0.05) is 6.92 Å². The molecule has 0 aliphatic carbocycles. The number of ketones is 1. The third-order valence-electron chi connectivity index (χ3n) is 3.31. The Morgan fingerprint density at radius 3 is 2.75 bits per heavy atom. The van der Waals surface area contributed by atoms with Gasteiger partial charge in [-0.2, -0.15) is 4.98 Å². The molecule has 0 unspecified atom stereocenters. The lowest BCUT2D eigenvalue weighted by molar-refractivity contribution is -0.114. The van der Waals surface area contributed by atoms with E-state index in [-0.39, 0.29) is 6.54 Å². The second-order valence-electron chi connectivity index (χ2n) is 4.66. The van der Waals surface area contributed by atoms with E-state index in [0.29, 0.717) is 23.0 Å². The lowest BCUT2D eigenvalue weighted by Gasteiger charge is -2.14. The minimum Gasteiger partial charge on any atom is -0.340 e. The first-order chi connectivity index (χ1) is 9.60. The molecule has 0 atom stereocenters. The Balaban J connectivity index is 1.98. The number of amides is 1. The fraction of sp³-hybridized carbons (Fsp3) is 0.286. The molecule has 1 aromatic heterocycles. The number of carbonyl (C=O) groups is 2. The molecular formula is C14H13N3O3. The first-order valence-electron chi connectivity index (χ1n) is 6.38. The lowest BCUT2D eigenvalue weighted by Crippen LogP contribution is -2.29. The van der Waals surface area contributed by atoms with Gasteiger partial charge in [0.25, 0.3) is 11.7 Å². The fourth-order valence-electron chi connectivity index (χ4n) is 2.27. The van der Waals surface area contributed by atoms with Crippen LogP contribution < -0.4 is 4.90 Å².